The summed E-state index contributed by atoms with van der Waals surface area (Å²) in [5.74, 6) is 0.219. The van der Waals surface area contributed by atoms with Crippen LogP contribution in [-0.4, -0.2) is 23.0 Å². The zero-order valence-electron chi connectivity index (χ0n) is 19.8. The molecule has 4 nitrogen and oxygen atoms in total. The number of rotatable bonds is 8. The average Bonchev–Trinajstić information content (AvgIpc) is 3.13. The van der Waals surface area contributed by atoms with Crippen molar-refractivity contribution in [2.24, 2.45) is 17.3 Å². The predicted molar refractivity (Wildman–Crippen MR) is 133 cm³/mol. The van der Waals surface area contributed by atoms with Gasteiger partial charge in [-0.1, -0.05) is 51.0 Å². The van der Waals surface area contributed by atoms with Crippen molar-refractivity contribution in [3.8, 4) is 0 Å². The van der Waals surface area contributed by atoms with Crippen LogP contribution < -0.4 is 5.32 Å². The molecule has 1 aromatic carbocycles. The predicted octanol–water partition coefficient (Wildman–Crippen LogP) is 6.97. The second-order valence-electron chi connectivity index (χ2n) is 10.3. The minimum Gasteiger partial charge on any atom is -0.481 e. The molecule has 0 spiro atoms. The second kappa shape index (κ2) is 10.7. The average molecular weight is 456 g/mol. The highest BCUT2D eigenvalue weighted by atomic mass is 32.1. The molecule has 0 saturated heterocycles. The third-order valence-electron chi connectivity index (χ3n) is 6.80. The van der Waals surface area contributed by atoms with Crippen LogP contribution >= 0.6 is 11.3 Å². The van der Waals surface area contributed by atoms with Gasteiger partial charge in [-0.05, 0) is 68.4 Å². The Labute approximate surface area is 196 Å². The Bertz CT molecular complexity index is 969. The van der Waals surface area contributed by atoms with Crippen LogP contribution in [0.3, 0.4) is 0 Å². The van der Waals surface area contributed by atoms with Gasteiger partial charge in [0.1, 0.15) is 0 Å². The van der Waals surface area contributed by atoms with Gasteiger partial charge in [0.2, 0.25) is 0 Å². The number of carboxylic acids is 1. The molecule has 174 valence electrons. The van der Waals surface area contributed by atoms with Gasteiger partial charge in [0.05, 0.1) is 5.56 Å². The number of fused-ring (bicyclic) bond motifs is 1. The maximum atomic E-state index is 13.3. The van der Waals surface area contributed by atoms with E-state index in [9.17, 15) is 9.59 Å². The lowest BCUT2D eigenvalue weighted by Gasteiger charge is -2.45. The summed E-state index contributed by atoms with van der Waals surface area (Å²) in [5.41, 5.74) is 2.13. The number of nitrogens with one attached hydrogen (secondary N) is 1. The zero-order chi connectivity index (χ0) is 23.3. The Balaban J connectivity index is 1.74. The summed E-state index contributed by atoms with van der Waals surface area (Å²) in [6, 6.07) is 6.45. The van der Waals surface area contributed by atoms with E-state index >= 15 is 0 Å². The number of benzene rings is 1. The van der Waals surface area contributed by atoms with Crippen LogP contribution in [0.15, 0.2) is 35.7 Å². The fourth-order valence-electron chi connectivity index (χ4n) is 5.16. The standard InChI is InChI=1S/C27H37NO3S/c1-18-14-15-24-20(16-18)21(17-32-24)26(31)28-23-12-9-11-22(27(2,3)4)19(23)10-7-5-6-8-13-25(29)30/h5,7,14-17,19,22-23H,6,8-13H2,1-4H3,(H,28,31)(H,29,30)/t19-,22+,23?/m0/s1. The third-order valence-corrected chi connectivity index (χ3v) is 7.77. The summed E-state index contributed by atoms with van der Waals surface area (Å²) < 4.78 is 1.15. The monoisotopic (exact) mass is 455 g/mol. The summed E-state index contributed by atoms with van der Waals surface area (Å²) >= 11 is 1.63. The molecule has 3 atom stereocenters. The summed E-state index contributed by atoms with van der Waals surface area (Å²) in [7, 11) is 0. The molecule has 1 saturated carbocycles. The van der Waals surface area contributed by atoms with Crippen molar-refractivity contribution in [1.82, 2.24) is 5.32 Å². The number of carboxylic acid groups (broad SMARTS) is 1. The molecule has 0 bridgehead atoms. The lowest BCUT2D eigenvalue weighted by atomic mass is 9.63. The Morgan fingerprint density at radius 1 is 1.22 bits per heavy atom. The molecular weight excluding hydrogens is 418 g/mol. The van der Waals surface area contributed by atoms with Crippen molar-refractivity contribution in [1.29, 1.82) is 0 Å². The van der Waals surface area contributed by atoms with E-state index in [1.54, 1.807) is 11.3 Å². The van der Waals surface area contributed by atoms with E-state index in [1.165, 1.54) is 12.0 Å². The Kier molecular flexibility index (Phi) is 8.16. The molecule has 1 aliphatic carbocycles. The molecule has 0 aliphatic heterocycles. The van der Waals surface area contributed by atoms with Crippen molar-refractivity contribution >= 4 is 33.3 Å². The molecule has 32 heavy (non-hydrogen) atoms. The topological polar surface area (TPSA) is 66.4 Å². The number of carbonyl (C=O) groups excluding carboxylic acids is 1. The minimum atomic E-state index is -0.739. The second-order valence-corrected chi connectivity index (χ2v) is 11.2. The van der Waals surface area contributed by atoms with E-state index in [2.05, 4.69) is 63.4 Å². The minimum absolute atomic E-state index is 0.0387. The van der Waals surface area contributed by atoms with E-state index in [-0.39, 0.29) is 23.8 Å². The fraction of sp³-hybridized carbons (Fsp3) is 0.556. The van der Waals surface area contributed by atoms with Crippen LogP contribution in [0.25, 0.3) is 10.1 Å². The SMILES string of the molecule is Cc1ccc2scc(C(=O)NC3CCC[C@@H](C(C)(C)C)[C@@H]3CC=CCCCC(=O)O)c2c1. The van der Waals surface area contributed by atoms with E-state index in [0.29, 0.717) is 18.3 Å². The van der Waals surface area contributed by atoms with Gasteiger partial charge >= 0.3 is 5.97 Å². The first-order valence-corrected chi connectivity index (χ1v) is 12.7. The molecule has 5 heteroatoms. The molecule has 0 radical (unpaired) electrons. The zero-order valence-corrected chi connectivity index (χ0v) is 20.6. The molecule has 2 aromatic rings. The first-order valence-electron chi connectivity index (χ1n) is 11.8. The number of hydrogen-bond acceptors (Lipinski definition) is 3. The molecule has 1 aliphatic rings. The number of aryl methyl sites for hydroxylation is 1. The van der Waals surface area contributed by atoms with Gasteiger partial charge in [0.15, 0.2) is 0 Å². The summed E-state index contributed by atoms with van der Waals surface area (Å²) in [5, 5.41) is 15.3. The lowest BCUT2D eigenvalue weighted by Crippen LogP contribution is -2.48. The summed E-state index contributed by atoms with van der Waals surface area (Å²) in [4.78, 5) is 24.0. The Morgan fingerprint density at radius 3 is 2.72 bits per heavy atom. The summed E-state index contributed by atoms with van der Waals surface area (Å²) in [6.45, 7) is 8.98. The Morgan fingerprint density at radius 2 is 2.00 bits per heavy atom. The van der Waals surface area contributed by atoms with Crippen LogP contribution in [0.1, 0.15) is 81.6 Å². The molecule has 1 aromatic heterocycles. The highest BCUT2D eigenvalue weighted by molar-refractivity contribution is 7.17. The van der Waals surface area contributed by atoms with Gasteiger partial charge in [0, 0.05) is 27.9 Å². The highest BCUT2D eigenvalue weighted by Gasteiger charge is 2.39. The number of thiophene rings is 1. The van der Waals surface area contributed by atoms with Crippen molar-refractivity contribution in [2.45, 2.75) is 78.7 Å². The maximum Gasteiger partial charge on any atom is 0.303 e. The molecule has 1 fully saturated rings. The number of aliphatic carboxylic acids is 1. The lowest BCUT2D eigenvalue weighted by molar-refractivity contribution is -0.137. The number of allylic oxidation sites excluding steroid dienone is 2. The number of carbonyl (C=O) groups is 2. The first kappa shape index (κ1) is 24.5. The number of unbranched alkanes of at least 4 members (excludes halogenated alkanes) is 1. The van der Waals surface area contributed by atoms with Crippen LogP contribution in [0, 0.1) is 24.2 Å². The number of amides is 1. The quantitative estimate of drug-likeness (QED) is 0.333. The van der Waals surface area contributed by atoms with Crippen molar-refractivity contribution in [2.75, 3.05) is 0 Å². The van der Waals surface area contributed by atoms with Crippen LogP contribution in [0.4, 0.5) is 0 Å². The van der Waals surface area contributed by atoms with Gasteiger partial charge in [-0.15, -0.1) is 11.3 Å². The van der Waals surface area contributed by atoms with Crippen molar-refractivity contribution in [3.05, 3.63) is 46.9 Å². The summed E-state index contributed by atoms with van der Waals surface area (Å²) in [6.07, 6.45) is 10.2. The molecule has 1 unspecified atom stereocenters. The Hall–Kier alpha value is -2.14. The van der Waals surface area contributed by atoms with Gasteiger partial charge in [0.25, 0.3) is 5.91 Å². The van der Waals surface area contributed by atoms with Crippen LogP contribution in [0.5, 0.6) is 0 Å². The van der Waals surface area contributed by atoms with E-state index < -0.39 is 5.97 Å². The maximum absolute atomic E-state index is 13.3. The van der Waals surface area contributed by atoms with E-state index in [1.807, 2.05) is 5.38 Å². The number of hydrogen-bond donors (Lipinski definition) is 2. The van der Waals surface area contributed by atoms with Crippen molar-refractivity contribution < 1.29 is 14.7 Å². The molecule has 3 rings (SSSR count). The largest absolute Gasteiger partial charge is 0.481 e. The normalized spacial score (nSPS) is 21.8. The smallest absolute Gasteiger partial charge is 0.303 e. The van der Waals surface area contributed by atoms with E-state index in [4.69, 9.17) is 5.11 Å². The molecular formula is C27H37NO3S. The first-order chi connectivity index (χ1) is 15.2. The molecule has 1 amide bonds. The molecule has 1 heterocycles. The fourth-order valence-corrected chi connectivity index (χ4v) is 6.08. The van der Waals surface area contributed by atoms with Crippen molar-refractivity contribution in [3.63, 3.8) is 0 Å². The van der Waals surface area contributed by atoms with Crippen LogP contribution in [-0.2, 0) is 4.79 Å². The van der Waals surface area contributed by atoms with Gasteiger partial charge in [-0.3, -0.25) is 9.59 Å². The van der Waals surface area contributed by atoms with Gasteiger partial charge < -0.3 is 10.4 Å². The van der Waals surface area contributed by atoms with Crippen LogP contribution in [0.2, 0.25) is 0 Å². The van der Waals surface area contributed by atoms with Gasteiger partial charge in [-0.2, -0.15) is 0 Å². The highest BCUT2D eigenvalue weighted by Crippen LogP contribution is 2.43. The third kappa shape index (κ3) is 6.22. The van der Waals surface area contributed by atoms with Gasteiger partial charge in [-0.25, -0.2) is 0 Å². The van der Waals surface area contributed by atoms with E-state index in [0.717, 1.165) is 41.3 Å². The molecule has 2 N–H and O–H groups in total.